The maximum atomic E-state index is 12.5. The van der Waals surface area contributed by atoms with Gasteiger partial charge in [0.15, 0.2) is 13.2 Å². The molecule has 0 unspecified atom stereocenters. The van der Waals surface area contributed by atoms with Crippen molar-refractivity contribution < 1.29 is 28.6 Å². The molecule has 0 bridgehead atoms. The molecule has 0 saturated heterocycles. The molecule has 0 saturated carbocycles. The molecule has 3 amide bonds. The molecule has 7 heteroatoms. The number of imide groups is 3. The molecule has 0 radical (unpaired) electrons. The third kappa shape index (κ3) is 3.45. The van der Waals surface area contributed by atoms with Crippen LogP contribution in [0.1, 0.15) is 10.4 Å². The van der Waals surface area contributed by atoms with Crippen molar-refractivity contribution >= 4 is 17.7 Å². The lowest BCUT2D eigenvalue weighted by Gasteiger charge is -2.16. The fraction of sp³-hybridized carbons (Fsp3) is 0.167. The van der Waals surface area contributed by atoms with Crippen molar-refractivity contribution in [3.8, 4) is 17.2 Å². The molecule has 7 nitrogen and oxygen atoms in total. The number of carbonyl (C=O) groups excluding carboxylic acids is 3. The zero-order valence-corrected chi connectivity index (χ0v) is 13.4. The molecular formula is C18H15NO6. The van der Waals surface area contributed by atoms with Gasteiger partial charge in [-0.25, -0.2) is 4.90 Å². The predicted molar refractivity (Wildman–Crippen MR) is 86.6 cm³/mol. The second-order valence-corrected chi connectivity index (χ2v) is 5.18. The zero-order valence-electron chi connectivity index (χ0n) is 13.4. The molecule has 0 aromatic heterocycles. The Kier molecular flexibility index (Phi) is 4.65. The number of hydrogen-bond donors (Lipinski definition) is 0. The van der Waals surface area contributed by atoms with Crippen LogP contribution in [-0.2, 0) is 9.59 Å². The number of fused-ring (bicyclic) bond motifs is 1. The van der Waals surface area contributed by atoms with E-state index in [2.05, 4.69) is 0 Å². The van der Waals surface area contributed by atoms with Crippen LogP contribution in [0, 0.1) is 0 Å². The maximum absolute atomic E-state index is 12.5. The van der Waals surface area contributed by atoms with Crippen LogP contribution in [0.5, 0.6) is 17.2 Å². The van der Waals surface area contributed by atoms with Gasteiger partial charge in [0.05, 0.1) is 12.7 Å². The van der Waals surface area contributed by atoms with E-state index in [4.69, 9.17) is 14.2 Å². The maximum Gasteiger partial charge on any atom is 0.274 e. The topological polar surface area (TPSA) is 82.1 Å². The Hall–Kier alpha value is -3.35. The van der Waals surface area contributed by atoms with Gasteiger partial charge in [-0.3, -0.25) is 14.4 Å². The molecule has 0 aliphatic carbocycles. The van der Waals surface area contributed by atoms with Crippen LogP contribution in [0.2, 0.25) is 0 Å². The Morgan fingerprint density at radius 3 is 2.68 bits per heavy atom. The number of hydrogen-bond acceptors (Lipinski definition) is 6. The van der Waals surface area contributed by atoms with Gasteiger partial charge >= 0.3 is 0 Å². The molecule has 0 atom stereocenters. The molecule has 0 N–H and O–H groups in total. The van der Waals surface area contributed by atoms with Gasteiger partial charge in [0.1, 0.15) is 17.2 Å². The number of ether oxygens (including phenoxy) is 3. The van der Waals surface area contributed by atoms with E-state index in [0.717, 1.165) is 0 Å². The number of nitrogens with zero attached hydrogens (tertiary/aromatic N) is 1. The fourth-order valence-electron chi connectivity index (χ4n) is 2.36. The molecule has 128 valence electrons. The van der Waals surface area contributed by atoms with Crippen molar-refractivity contribution in [2.24, 2.45) is 0 Å². The summed E-state index contributed by atoms with van der Waals surface area (Å²) in [6.07, 6.45) is 0. The molecule has 1 aliphatic heterocycles. The van der Waals surface area contributed by atoms with Crippen LogP contribution in [0.3, 0.4) is 0 Å². The van der Waals surface area contributed by atoms with Crippen LogP contribution >= 0.6 is 0 Å². The summed E-state index contributed by atoms with van der Waals surface area (Å²) < 4.78 is 15.7. The minimum Gasteiger partial charge on any atom is -0.497 e. The lowest BCUT2D eigenvalue weighted by Crippen LogP contribution is -2.44. The highest BCUT2D eigenvalue weighted by molar-refractivity contribution is 6.18. The summed E-state index contributed by atoms with van der Waals surface area (Å²) in [4.78, 5) is 37.6. The lowest BCUT2D eigenvalue weighted by atomic mass is 10.2. The van der Waals surface area contributed by atoms with Gasteiger partial charge in [0.2, 0.25) is 0 Å². The third-order valence-electron chi connectivity index (χ3n) is 3.57. The van der Waals surface area contributed by atoms with Gasteiger partial charge in [0.25, 0.3) is 17.7 Å². The summed E-state index contributed by atoms with van der Waals surface area (Å²) in [7, 11) is 1.51. The molecule has 25 heavy (non-hydrogen) atoms. The van der Waals surface area contributed by atoms with Gasteiger partial charge in [-0.15, -0.1) is 0 Å². The van der Waals surface area contributed by atoms with Gasteiger partial charge < -0.3 is 14.2 Å². The van der Waals surface area contributed by atoms with Crippen LogP contribution in [0.4, 0.5) is 0 Å². The van der Waals surface area contributed by atoms with Crippen LogP contribution in [0.15, 0.2) is 48.5 Å². The van der Waals surface area contributed by atoms with E-state index in [1.165, 1.54) is 13.2 Å². The summed E-state index contributed by atoms with van der Waals surface area (Å²) in [5.41, 5.74) is 0.156. The van der Waals surface area contributed by atoms with Crippen molar-refractivity contribution in [3.63, 3.8) is 0 Å². The van der Waals surface area contributed by atoms with Crippen molar-refractivity contribution in [3.05, 3.63) is 54.1 Å². The van der Waals surface area contributed by atoms with E-state index >= 15 is 0 Å². The Morgan fingerprint density at radius 2 is 1.88 bits per heavy atom. The minimum absolute atomic E-state index is 0.156. The van der Waals surface area contributed by atoms with E-state index in [-0.39, 0.29) is 11.3 Å². The van der Waals surface area contributed by atoms with E-state index in [1.807, 2.05) is 0 Å². The SMILES string of the molecule is COc1cccc(OCC(=O)N2C(=O)COc3ccccc3C2=O)c1. The highest BCUT2D eigenvalue weighted by Gasteiger charge is 2.34. The number of carbonyl (C=O) groups is 3. The largest absolute Gasteiger partial charge is 0.497 e. The van der Waals surface area contributed by atoms with Crippen molar-refractivity contribution in [1.29, 1.82) is 0 Å². The molecule has 2 aromatic rings. The van der Waals surface area contributed by atoms with Crippen molar-refractivity contribution in [1.82, 2.24) is 4.90 Å². The Labute approximate surface area is 143 Å². The van der Waals surface area contributed by atoms with Crippen LogP contribution in [-0.4, -0.2) is 42.9 Å². The standard InChI is InChI=1S/C18H15NO6/c1-23-12-5-4-6-13(9-12)24-10-16(20)19-17(21)11-25-15-8-3-2-7-14(15)18(19)22/h2-9H,10-11H2,1H3. The van der Waals surface area contributed by atoms with Gasteiger partial charge in [-0.2, -0.15) is 0 Å². The van der Waals surface area contributed by atoms with E-state index in [0.29, 0.717) is 16.4 Å². The molecule has 0 fully saturated rings. The highest BCUT2D eigenvalue weighted by atomic mass is 16.5. The summed E-state index contributed by atoms with van der Waals surface area (Å²) >= 11 is 0. The minimum atomic E-state index is -0.766. The smallest absolute Gasteiger partial charge is 0.274 e. The molecule has 1 heterocycles. The molecule has 2 aromatic carbocycles. The first-order chi connectivity index (χ1) is 12.1. The molecule has 0 spiro atoms. The molecular weight excluding hydrogens is 326 g/mol. The Morgan fingerprint density at radius 1 is 1.12 bits per heavy atom. The number of rotatable bonds is 4. The van der Waals surface area contributed by atoms with E-state index in [9.17, 15) is 14.4 Å². The first-order valence-electron chi connectivity index (χ1n) is 7.49. The molecule has 1 aliphatic rings. The first-order valence-corrected chi connectivity index (χ1v) is 7.49. The molecule has 3 rings (SSSR count). The number of amides is 3. The van der Waals surface area contributed by atoms with Gasteiger partial charge in [0, 0.05) is 6.07 Å². The van der Waals surface area contributed by atoms with Gasteiger partial charge in [-0.05, 0) is 24.3 Å². The van der Waals surface area contributed by atoms with Crippen molar-refractivity contribution in [2.75, 3.05) is 20.3 Å². The fourth-order valence-corrected chi connectivity index (χ4v) is 2.36. The normalized spacial score (nSPS) is 13.6. The number of para-hydroxylation sites is 1. The first kappa shape index (κ1) is 16.5. The second kappa shape index (κ2) is 7.04. The summed E-state index contributed by atoms with van der Waals surface area (Å²) in [5, 5.41) is 0. The van der Waals surface area contributed by atoms with Crippen molar-refractivity contribution in [2.45, 2.75) is 0 Å². The second-order valence-electron chi connectivity index (χ2n) is 5.18. The summed E-state index contributed by atoms with van der Waals surface area (Å²) in [5.74, 6) is -1.01. The third-order valence-corrected chi connectivity index (χ3v) is 3.57. The monoisotopic (exact) mass is 341 g/mol. The zero-order chi connectivity index (χ0) is 17.8. The number of methoxy groups -OCH3 is 1. The highest BCUT2D eigenvalue weighted by Crippen LogP contribution is 2.23. The van der Waals surface area contributed by atoms with Gasteiger partial charge in [-0.1, -0.05) is 18.2 Å². The quantitative estimate of drug-likeness (QED) is 0.787. The predicted octanol–water partition coefficient (Wildman–Crippen LogP) is 1.66. The van der Waals surface area contributed by atoms with E-state index in [1.54, 1.807) is 42.5 Å². The number of benzene rings is 2. The van der Waals surface area contributed by atoms with E-state index < -0.39 is 30.9 Å². The average molecular weight is 341 g/mol. The van der Waals surface area contributed by atoms with Crippen LogP contribution in [0.25, 0.3) is 0 Å². The van der Waals surface area contributed by atoms with Crippen LogP contribution < -0.4 is 14.2 Å². The Balaban J connectivity index is 1.76. The summed E-state index contributed by atoms with van der Waals surface area (Å²) in [6, 6.07) is 13.0. The Bertz CT molecular complexity index is 832. The lowest BCUT2D eigenvalue weighted by molar-refractivity contribution is -0.143. The summed E-state index contributed by atoms with van der Waals surface area (Å²) in [6.45, 7) is -0.861. The average Bonchev–Trinajstić information content (AvgIpc) is 2.77.